The number of nitrogen functional groups attached to an aromatic ring is 1. The predicted molar refractivity (Wildman–Crippen MR) is 58.4 cm³/mol. The molecule has 0 amide bonds. The van der Waals surface area contributed by atoms with Gasteiger partial charge in [0.2, 0.25) is 0 Å². The molecule has 0 aromatic carbocycles. The summed E-state index contributed by atoms with van der Waals surface area (Å²) in [4.78, 5) is 8.22. The van der Waals surface area contributed by atoms with E-state index >= 15 is 0 Å². The molecule has 0 saturated heterocycles. The molecule has 14 heavy (non-hydrogen) atoms. The van der Waals surface area contributed by atoms with E-state index in [1.807, 2.05) is 6.26 Å². The quantitative estimate of drug-likeness (QED) is 0.377. The predicted octanol–water partition coefficient (Wildman–Crippen LogP) is 0.575. The molecule has 4 N–H and O–H groups in total. The average molecular weight is 214 g/mol. The van der Waals surface area contributed by atoms with Gasteiger partial charge < -0.3 is 16.2 Å². The van der Waals surface area contributed by atoms with E-state index in [1.165, 1.54) is 11.8 Å². The fraction of sp³-hybridized carbons (Fsp3) is 0.500. The molecule has 0 atom stereocenters. The van der Waals surface area contributed by atoms with Gasteiger partial charge in [-0.1, -0.05) is 11.8 Å². The Hall–Kier alpha value is -1.01. The summed E-state index contributed by atoms with van der Waals surface area (Å²) in [5.74, 6) is 1.16. The van der Waals surface area contributed by atoms with Crippen LogP contribution in [-0.2, 0) is 0 Å². The van der Waals surface area contributed by atoms with E-state index in [-0.39, 0.29) is 6.61 Å². The fourth-order valence-electron chi connectivity index (χ4n) is 0.920. The molecule has 0 unspecified atom stereocenters. The first-order chi connectivity index (χ1) is 6.76. The van der Waals surface area contributed by atoms with Gasteiger partial charge in [-0.05, 0) is 12.7 Å². The third-order valence-corrected chi connectivity index (χ3v) is 2.10. The van der Waals surface area contributed by atoms with Gasteiger partial charge in [0.05, 0.1) is 0 Å². The van der Waals surface area contributed by atoms with Crippen LogP contribution in [0.4, 0.5) is 11.6 Å². The molecule has 1 aromatic rings. The molecule has 0 saturated carbocycles. The van der Waals surface area contributed by atoms with Gasteiger partial charge in [-0.25, -0.2) is 9.97 Å². The number of nitrogens with zero attached hydrogens (tertiary/aromatic N) is 2. The van der Waals surface area contributed by atoms with Crippen LogP contribution >= 0.6 is 11.8 Å². The third-order valence-electron chi connectivity index (χ3n) is 1.55. The highest BCUT2D eigenvalue weighted by atomic mass is 32.2. The highest BCUT2D eigenvalue weighted by Gasteiger charge is 2.00. The van der Waals surface area contributed by atoms with Crippen molar-refractivity contribution in [1.29, 1.82) is 0 Å². The molecule has 0 radical (unpaired) electrons. The van der Waals surface area contributed by atoms with Crippen LogP contribution in [0.25, 0.3) is 0 Å². The maximum Gasteiger partial charge on any atom is 0.191 e. The van der Waals surface area contributed by atoms with E-state index in [2.05, 4.69) is 15.3 Å². The third kappa shape index (κ3) is 3.39. The summed E-state index contributed by atoms with van der Waals surface area (Å²) < 4.78 is 0. The van der Waals surface area contributed by atoms with Crippen molar-refractivity contribution in [1.82, 2.24) is 9.97 Å². The summed E-state index contributed by atoms with van der Waals surface area (Å²) in [5.41, 5.74) is 5.59. The van der Waals surface area contributed by atoms with Gasteiger partial charge in [0, 0.05) is 19.2 Å². The second kappa shape index (κ2) is 5.66. The Bertz CT molecular complexity index is 295. The largest absolute Gasteiger partial charge is 0.396 e. The van der Waals surface area contributed by atoms with Gasteiger partial charge in [-0.3, -0.25) is 0 Å². The van der Waals surface area contributed by atoms with Crippen LogP contribution in [0.3, 0.4) is 0 Å². The van der Waals surface area contributed by atoms with E-state index in [4.69, 9.17) is 10.8 Å². The Kier molecular flexibility index (Phi) is 4.48. The number of hydrogen-bond acceptors (Lipinski definition) is 6. The fourth-order valence-corrected chi connectivity index (χ4v) is 1.31. The Morgan fingerprint density at radius 2 is 2.36 bits per heavy atom. The van der Waals surface area contributed by atoms with Crippen molar-refractivity contribution in [2.45, 2.75) is 11.6 Å². The van der Waals surface area contributed by atoms with Crippen LogP contribution in [0.2, 0.25) is 0 Å². The van der Waals surface area contributed by atoms with Crippen LogP contribution < -0.4 is 11.1 Å². The summed E-state index contributed by atoms with van der Waals surface area (Å²) in [5, 5.41) is 12.3. The van der Waals surface area contributed by atoms with Crippen molar-refractivity contribution >= 4 is 23.4 Å². The number of aliphatic hydroxyl groups is 1. The summed E-state index contributed by atoms with van der Waals surface area (Å²) >= 11 is 1.44. The molecular formula is C8H14N4OS. The standard InChI is InChI=1S/C8H14N4OS/c1-14-8-11-6(9)5-7(12-8)10-3-2-4-13/h5,13H,2-4H2,1H3,(H3,9,10,11,12). The minimum atomic E-state index is 0.170. The number of thioether (sulfide) groups is 1. The lowest BCUT2D eigenvalue weighted by molar-refractivity contribution is 0.292. The first-order valence-electron chi connectivity index (χ1n) is 4.29. The molecule has 0 fully saturated rings. The summed E-state index contributed by atoms with van der Waals surface area (Å²) in [6.45, 7) is 0.851. The Balaban J connectivity index is 2.62. The maximum atomic E-state index is 8.60. The summed E-state index contributed by atoms with van der Waals surface area (Å²) in [6.07, 6.45) is 2.59. The molecule has 0 aliphatic carbocycles. The molecule has 1 rings (SSSR count). The van der Waals surface area contributed by atoms with Crippen molar-refractivity contribution in [3.8, 4) is 0 Å². The minimum Gasteiger partial charge on any atom is -0.396 e. The van der Waals surface area contributed by atoms with Gasteiger partial charge >= 0.3 is 0 Å². The normalized spacial score (nSPS) is 10.1. The van der Waals surface area contributed by atoms with E-state index in [9.17, 15) is 0 Å². The Labute approximate surface area is 87.1 Å². The number of aromatic nitrogens is 2. The number of nitrogens with one attached hydrogen (secondary N) is 1. The van der Waals surface area contributed by atoms with Crippen molar-refractivity contribution in [3.63, 3.8) is 0 Å². The van der Waals surface area contributed by atoms with Gasteiger partial charge in [0.1, 0.15) is 11.6 Å². The van der Waals surface area contributed by atoms with Gasteiger partial charge in [-0.15, -0.1) is 0 Å². The van der Waals surface area contributed by atoms with E-state index in [0.717, 1.165) is 0 Å². The molecule has 0 aliphatic heterocycles. The van der Waals surface area contributed by atoms with E-state index in [1.54, 1.807) is 6.07 Å². The van der Waals surface area contributed by atoms with Crippen molar-refractivity contribution in [2.24, 2.45) is 0 Å². The zero-order valence-electron chi connectivity index (χ0n) is 8.03. The number of anilines is 2. The van der Waals surface area contributed by atoms with Crippen LogP contribution in [-0.4, -0.2) is 34.5 Å². The van der Waals surface area contributed by atoms with E-state index in [0.29, 0.717) is 29.8 Å². The lowest BCUT2D eigenvalue weighted by atomic mass is 10.4. The first kappa shape index (κ1) is 11.1. The topological polar surface area (TPSA) is 84.1 Å². The van der Waals surface area contributed by atoms with Gasteiger partial charge in [0.25, 0.3) is 0 Å². The number of rotatable bonds is 5. The molecule has 6 heteroatoms. The van der Waals surface area contributed by atoms with Crippen LogP contribution in [0.1, 0.15) is 6.42 Å². The number of hydrogen-bond donors (Lipinski definition) is 3. The van der Waals surface area contributed by atoms with Gasteiger partial charge in [-0.2, -0.15) is 0 Å². The monoisotopic (exact) mass is 214 g/mol. The Morgan fingerprint density at radius 1 is 1.57 bits per heavy atom. The zero-order valence-corrected chi connectivity index (χ0v) is 8.84. The molecule has 0 aliphatic rings. The lowest BCUT2D eigenvalue weighted by Crippen LogP contribution is -2.07. The van der Waals surface area contributed by atoms with Crippen molar-refractivity contribution in [2.75, 3.05) is 30.5 Å². The highest BCUT2D eigenvalue weighted by Crippen LogP contribution is 2.14. The SMILES string of the molecule is CSc1nc(N)cc(NCCCO)n1. The summed E-state index contributed by atoms with van der Waals surface area (Å²) in [7, 11) is 0. The molecule has 0 spiro atoms. The molecule has 0 bridgehead atoms. The molecule has 1 heterocycles. The minimum absolute atomic E-state index is 0.170. The molecule has 1 aromatic heterocycles. The summed E-state index contributed by atoms with van der Waals surface area (Å²) in [6, 6.07) is 1.68. The highest BCUT2D eigenvalue weighted by molar-refractivity contribution is 7.98. The second-order valence-corrected chi connectivity index (χ2v) is 3.44. The van der Waals surface area contributed by atoms with Crippen LogP contribution in [0, 0.1) is 0 Å². The van der Waals surface area contributed by atoms with Gasteiger partial charge in [0.15, 0.2) is 5.16 Å². The zero-order chi connectivity index (χ0) is 10.4. The molecule has 5 nitrogen and oxygen atoms in total. The van der Waals surface area contributed by atoms with E-state index < -0.39 is 0 Å². The van der Waals surface area contributed by atoms with Crippen LogP contribution in [0.5, 0.6) is 0 Å². The molecule has 78 valence electrons. The maximum absolute atomic E-state index is 8.60. The second-order valence-electron chi connectivity index (χ2n) is 2.67. The number of nitrogens with two attached hydrogens (primary N) is 1. The lowest BCUT2D eigenvalue weighted by Gasteiger charge is -2.06. The number of aliphatic hydroxyl groups excluding tert-OH is 1. The van der Waals surface area contributed by atoms with Crippen molar-refractivity contribution < 1.29 is 5.11 Å². The smallest absolute Gasteiger partial charge is 0.191 e. The Morgan fingerprint density at radius 3 is 3.00 bits per heavy atom. The molecular weight excluding hydrogens is 200 g/mol. The first-order valence-corrected chi connectivity index (χ1v) is 5.52. The average Bonchev–Trinajstić information content (AvgIpc) is 2.17. The van der Waals surface area contributed by atoms with Crippen molar-refractivity contribution in [3.05, 3.63) is 6.07 Å². The van der Waals surface area contributed by atoms with Crippen LogP contribution in [0.15, 0.2) is 11.2 Å².